The van der Waals surface area contributed by atoms with Gasteiger partial charge in [-0.05, 0) is 37.8 Å². The van der Waals surface area contributed by atoms with Gasteiger partial charge in [0, 0.05) is 25.6 Å². The summed E-state index contributed by atoms with van der Waals surface area (Å²) in [5.41, 5.74) is 0.702. The molecule has 7 heteroatoms. The summed E-state index contributed by atoms with van der Waals surface area (Å²) in [5.74, 6) is 1.11. The van der Waals surface area contributed by atoms with Crippen LogP contribution in [0.15, 0.2) is 18.3 Å². The average molecular weight is 348 g/mol. The van der Waals surface area contributed by atoms with Crippen molar-refractivity contribution in [2.45, 2.75) is 46.1 Å². The van der Waals surface area contributed by atoms with Gasteiger partial charge in [0.1, 0.15) is 5.82 Å². The fraction of sp³-hybridized carbons (Fsp3) is 0.611. The van der Waals surface area contributed by atoms with Gasteiger partial charge in [-0.25, -0.2) is 9.78 Å². The van der Waals surface area contributed by atoms with Crippen molar-refractivity contribution in [2.24, 2.45) is 5.92 Å². The van der Waals surface area contributed by atoms with Crippen molar-refractivity contribution < 1.29 is 14.3 Å². The summed E-state index contributed by atoms with van der Waals surface area (Å²) in [6.07, 6.45) is 3.63. The minimum atomic E-state index is -0.236. The lowest BCUT2D eigenvalue weighted by Crippen LogP contribution is -2.42. The van der Waals surface area contributed by atoms with Crippen LogP contribution in [0.1, 0.15) is 40.0 Å². The van der Waals surface area contributed by atoms with Crippen LogP contribution in [0.4, 0.5) is 16.3 Å². The maximum absolute atomic E-state index is 11.8. The Morgan fingerprint density at radius 3 is 2.60 bits per heavy atom. The van der Waals surface area contributed by atoms with Crippen LogP contribution in [0, 0.1) is 5.92 Å². The van der Waals surface area contributed by atoms with Crippen LogP contribution in [0.25, 0.3) is 0 Å². The summed E-state index contributed by atoms with van der Waals surface area (Å²) in [4.78, 5) is 29.5. The van der Waals surface area contributed by atoms with Gasteiger partial charge < -0.3 is 20.3 Å². The summed E-state index contributed by atoms with van der Waals surface area (Å²) >= 11 is 0. The molecule has 0 unspecified atom stereocenters. The van der Waals surface area contributed by atoms with E-state index in [-0.39, 0.29) is 18.0 Å². The molecule has 25 heavy (non-hydrogen) atoms. The highest BCUT2D eigenvalue weighted by Gasteiger charge is 2.23. The molecule has 1 aliphatic heterocycles. The third kappa shape index (κ3) is 6.25. The van der Waals surface area contributed by atoms with Gasteiger partial charge in [-0.2, -0.15) is 0 Å². The molecular weight excluding hydrogens is 320 g/mol. The molecule has 0 aromatic carbocycles. The average Bonchev–Trinajstić information content (AvgIpc) is 2.57. The van der Waals surface area contributed by atoms with E-state index in [0.29, 0.717) is 37.7 Å². The third-order valence-corrected chi connectivity index (χ3v) is 4.01. The zero-order valence-corrected chi connectivity index (χ0v) is 15.2. The predicted molar refractivity (Wildman–Crippen MR) is 97.6 cm³/mol. The highest BCUT2D eigenvalue weighted by molar-refractivity contribution is 5.90. The van der Waals surface area contributed by atoms with Gasteiger partial charge >= 0.3 is 6.09 Å². The van der Waals surface area contributed by atoms with Gasteiger partial charge in [-0.15, -0.1) is 0 Å². The molecule has 1 aromatic rings. The minimum Gasteiger partial charge on any atom is -0.450 e. The van der Waals surface area contributed by atoms with E-state index in [4.69, 9.17) is 4.74 Å². The number of carbonyl (C=O) groups excluding carboxylic acids is 2. The molecule has 2 heterocycles. The van der Waals surface area contributed by atoms with Crippen molar-refractivity contribution in [3.63, 3.8) is 0 Å². The van der Waals surface area contributed by atoms with Gasteiger partial charge in [0.2, 0.25) is 5.91 Å². The quantitative estimate of drug-likeness (QED) is 0.825. The maximum Gasteiger partial charge on any atom is 0.409 e. The first kappa shape index (κ1) is 19.0. The Bertz CT molecular complexity index is 566. The van der Waals surface area contributed by atoms with E-state index in [1.165, 1.54) is 0 Å². The molecular formula is C18H28N4O3. The molecule has 0 saturated carbocycles. The molecule has 1 aliphatic rings. The molecule has 2 N–H and O–H groups in total. The van der Waals surface area contributed by atoms with Gasteiger partial charge in [0.15, 0.2) is 0 Å². The Labute approximate surface area is 149 Å². The normalized spacial score (nSPS) is 15.1. The first-order valence-corrected chi connectivity index (χ1v) is 8.92. The van der Waals surface area contributed by atoms with Crippen molar-refractivity contribution in [3.8, 4) is 0 Å². The summed E-state index contributed by atoms with van der Waals surface area (Å²) in [6, 6.07) is 3.99. The van der Waals surface area contributed by atoms with Crippen LogP contribution < -0.4 is 10.6 Å². The van der Waals surface area contributed by atoms with E-state index in [1.807, 2.05) is 32.9 Å². The Morgan fingerprint density at radius 1 is 1.32 bits per heavy atom. The Balaban J connectivity index is 1.78. The lowest BCUT2D eigenvalue weighted by Gasteiger charge is -2.31. The highest BCUT2D eigenvalue weighted by Crippen LogP contribution is 2.17. The van der Waals surface area contributed by atoms with Crippen LogP contribution in [0.2, 0.25) is 0 Å². The number of hydrogen-bond acceptors (Lipinski definition) is 5. The fourth-order valence-corrected chi connectivity index (χ4v) is 2.77. The lowest BCUT2D eigenvalue weighted by molar-refractivity contribution is -0.116. The SMILES string of the molecule is CCOC(=O)N1CCC(Nc2ccc(NC(=O)CC(C)C)cn2)CC1. The van der Waals surface area contributed by atoms with Crippen molar-refractivity contribution in [1.29, 1.82) is 0 Å². The number of amides is 2. The van der Waals surface area contributed by atoms with Crippen molar-refractivity contribution in [2.75, 3.05) is 30.3 Å². The van der Waals surface area contributed by atoms with Gasteiger partial charge in [0.05, 0.1) is 18.5 Å². The monoisotopic (exact) mass is 348 g/mol. The third-order valence-electron chi connectivity index (χ3n) is 4.01. The second-order valence-electron chi connectivity index (χ2n) is 6.68. The lowest BCUT2D eigenvalue weighted by atomic mass is 10.1. The zero-order valence-electron chi connectivity index (χ0n) is 15.2. The van der Waals surface area contributed by atoms with E-state index in [1.54, 1.807) is 11.1 Å². The van der Waals surface area contributed by atoms with Gasteiger partial charge in [-0.3, -0.25) is 4.79 Å². The molecule has 1 aromatic heterocycles. The number of hydrogen-bond donors (Lipinski definition) is 2. The van der Waals surface area contributed by atoms with Crippen molar-refractivity contribution >= 4 is 23.5 Å². The molecule has 138 valence electrons. The number of likely N-dealkylation sites (tertiary alicyclic amines) is 1. The molecule has 0 aliphatic carbocycles. The predicted octanol–water partition coefficient (Wildman–Crippen LogP) is 3.10. The number of rotatable bonds is 6. The molecule has 0 bridgehead atoms. The van der Waals surface area contributed by atoms with Crippen LogP contribution in [-0.2, 0) is 9.53 Å². The number of anilines is 2. The van der Waals surface area contributed by atoms with E-state index in [2.05, 4.69) is 15.6 Å². The van der Waals surface area contributed by atoms with Crippen LogP contribution in [0.3, 0.4) is 0 Å². The zero-order chi connectivity index (χ0) is 18.2. The Kier molecular flexibility index (Phi) is 7.03. The molecule has 1 saturated heterocycles. The molecule has 0 spiro atoms. The van der Waals surface area contributed by atoms with E-state index >= 15 is 0 Å². The Morgan fingerprint density at radius 2 is 2.04 bits per heavy atom. The van der Waals surface area contributed by atoms with Gasteiger partial charge in [-0.1, -0.05) is 13.8 Å². The summed E-state index contributed by atoms with van der Waals surface area (Å²) in [7, 11) is 0. The fourth-order valence-electron chi connectivity index (χ4n) is 2.77. The summed E-state index contributed by atoms with van der Waals surface area (Å²) in [5, 5.41) is 6.23. The van der Waals surface area contributed by atoms with Crippen molar-refractivity contribution in [1.82, 2.24) is 9.88 Å². The molecule has 0 atom stereocenters. The van der Waals surface area contributed by atoms with Crippen LogP contribution >= 0.6 is 0 Å². The van der Waals surface area contributed by atoms with E-state index in [0.717, 1.165) is 18.7 Å². The van der Waals surface area contributed by atoms with E-state index in [9.17, 15) is 9.59 Å². The number of ether oxygens (including phenoxy) is 1. The molecule has 0 radical (unpaired) electrons. The topological polar surface area (TPSA) is 83.6 Å². The number of nitrogens with zero attached hydrogens (tertiary/aromatic N) is 2. The van der Waals surface area contributed by atoms with Crippen molar-refractivity contribution in [3.05, 3.63) is 18.3 Å². The van der Waals surface area contributed by atoms with E-state index < -0.39 is 0 Å². The largest absolute Gasteiger partial charge is 0.450 e. The first-order valence-electron chi connectivity index (χ1n) is 8.92. The number of piperidine rings is 1. The molecule has 2 amide bonds. The summed E-state index contributed by atoms with van der Waals surface area (Å²) < 4.78 is 5.02. The highest BCUT2D eigenvalue weighted by atomic mass is 16.6. The number of aromatic nitrogens is 1. The second-order valence-corrected chi connectivity index (χ2v) is 6.68. The maximum atomic E-state index is 11.8. The standard InChI is InChI=1S/C18H28N4O3/c1-4-25-18(24)22-9-7-14(8-10-22)20-16-6-5-15(12-19-16)21-17(23)11-13(2)3/h5-6,12-14H,4,7-11H2,1-3H3,(H,19,20)(H,21,23). The minimum absolute atomic E-state index is 0.00356. The van der Waals surface area contributed by atoms with Crippen LogP contribution in [-0.4, -0.2) is 47.6 Å². The van der Waals surface area contributed by atoms with Gasteiger partial charge in [0.25, 0.3) is 0 Å². The second kappa shape index (κ2) is 9.25. The number of nitrogens with one attached hydrogen (secondary N) is 2. The molecule has 2 rings (SSSR count). The number of carbonyl (C=O) groups is 2. The molecule has 1 fully saturated rings. The number of pyridine rings is 1. The smallest absolute Gasteiger partial charge is 0.409 e. The van der Waals surface area contributed by atoms with Crippen LogP contribution in [0.5, 0.6) is 0 Å². The molecule has 7 nitrogen and oxygen atoms in total. The summed E-state index contributed by atoms with van der Waals surface area (Å²) in [6.45, 7) is 7.60. The Hall–Kier alpha value is -2.31. The first-order chi connectivity index (χ1) is 12.0.